The van der Waals surface area contributed by atoms with E-state index in [2.05, 4.69) is 47.1 Å². The van der Waals surface area contributed by atoms with Gasteiger partial charge in [0.1, 0.15) is 0 Å². The molecule has 0 spiro atoms. The molecule has 3 heterocycles. The molecule has 0 radical (unpaired) electrons. The van der Waals surface area contributed by atoms with Crippen molar-refractivity contribution in [1.82, 2.24) is 30.0 Å². The highest BCUT2D eigenvalue weighted by Crippen LogP contribution is 2.35. The lowest BCUT2D eigenvalue weighted by Gasteiger charge is -2.39. The van der Waals surface area contributed by atoms with Gasteiger partial charge in [-0.1, -0.05) is 73.3 Å². The predicted octanol–water partition coefficient (Wildman–Crippen LogP) is 5.21. The number of amidine groups is 1. The van der Waals surface area contributed by atoms with Gasteiger partial charge in [0.25, 0.3) is 5.91 Å². The second-order valence-electron chi connectivity index (χ2n) is 9.97. The monoisotopic (exact) mass is 547 g/mol. The van der Waals surface area contributed by atoms with Crippen LogP contribution in [0.5, 0.6) is 0 Å². The number of aromatic nitrogens is 4. The summed E-state index contributed by atoms with van der Waals surface area (Å²) in [5, 5.41) is 14.6. The topological polar surface area (TPSA) is 79.5 Å². The smallest absolute Gasteiger partial charge is 0.286 e. The molecule has 2 aliphatic heterocycles. The van der Waals surface area contributed by atoms with Crippen LogP contribution in [0.2, 0.25) is 5.02 Å². The van der Waals surface area contributed by atoms with Gasteiger partial charge in [0.15, 0.2) is 11.0 Å². The van der Waals surface area contributed by atoms with Gasteiger partial charge in [-0.2, -0.15) is 4.99 Å². The molecule has 3 aliphatic rings. The van der Waals surface area contributed by atoms with Crippen LogP contribution < -0.4 is 0 Å². The number of amides is 1. The fraction of sp³-hybridized carbons (Fsp3) is 0.393. The molecule has 196 valence electrons. The Bertz CT molecular complexity index is 1330. The second-order valence-corrected chi connectivity index (χ2v) is 11.4. The van der Waals surface area contributed by atoms with Crippen molar-refractivity contribution in [3.63, 3.8) is 0 Å². The van der Waals surface area contributed by atoms with E-state index in [1.54, 1.807) is 0 Å². The highest BCUT2D eigenvalue weighted by molar-refractivity contribution is 8.18. The summed E-state index contributed by atoms with van der Waals surface area (Å²) in [4.78, 5) is 22.3. The van der Waals surface area contributed by atoms with Crippen LogP contribution in [0.3, 0.4) is 0 Å². The third-order valence-corrected chi connectivity index (χ3v) is 8.82. The van der Waals surface area contributed by atoms with Crippen molar-refractivity contribution in [2.45, 2.75) is 44.2 Å². The minimum absolute atomic E-state index is 0.0697. The molecule has 6 rings (SSSR count). The summed E-state index contributed by atoms with van der Waals surface area (Å²) in [5.41, 5.74) is 2.14. The number of rotatable bonds is 5. The van der Waals surface area contributed by atoms with Gasteiger partial charge in [-0.15, -0.1) is 5.10 Å². The summed E-state index contributed by atoms with van der Waals surface area (Å²) in [6.07, 6.45) is 7.86. The van der Waals surface area contributed by atoms with Crippen LogP contribution in [-0.2, 0) is 4.79 Å². The van der Waals surface area contributed by atoms with E-state index < -0.39 is 0 Å². The molecule has 2 aromatic carbocycles. The Hall–Kier alpha value is -3.01. The highest BCUT2D eigenvalue weighted by atomic mass is 35.5. The summed E-state index contributed by atoms with van der Waals surface area (Å²) < 4.78 is 2.07. The number of aliphatic imine (C=N–C) groups is 1. The second kappa shape index (κ2) is 11.4. The largest absolute Gasteiger partial charge is 0.348 e. The standard InChI is InChI=1S/C28H30ClN7OS/c29-22-13-11-21(12-14-22)25(26-31-32-33-36(26)23-9-5-2-6-10-23)34-15-17-35(18-16-34)28-30-27(37)24(38-28)19-20-7-3-1-4-8-20/h1,3-4,7-8,11-14,19,23,25H,2,5-6,9-10,15-18H2/b24-19-. The van der Waals surface area contributed by atoms with E-state index in [4.69, 9.17) is 11.6 Å². The first-order valence-corrected chi connectivity index (χ1v) is 14.4. The lowest BCUT2D eigenvalue weighted by molar-refractivity contribution is -0.113. The van der Waals surface area contributed by atoms with Gasteiger partial charge >= 0.3 is 0 Å². The van der Waals surface area contributed by atoms with Crippen LogP contribution in [-0.4, -0.2) is 67.3 Å². The van der Waals surface area contributed by atoms with Crippen molar-refractivity contribution in [3.8, 4) is 0 Å². The Labute approximate surface area is 231 Å². The van der Waals surface area contributed by atoms with Crippen molar-refractivity contribution in [1.29, 1.82) is 0 Å². The molecule has 0 bridgehead atoms. The normalized spacial score (nSPS) is 21.2. The Morgan fingerprint density at radius 1 is 0.947 bits per heavy atom. The number of halogens is 1. The minimum Gasteiger partial charge on any atom is -0.348 e. The van der Waals surface area contributed by atoms with Crippen molar-refractivity contribution >= 4 is 40.5 Å². The highest BCUT2D eigenvalue weighted by Gasteiger charge is 2.35. The number of carbonyl (C=O) groups excluding carboxylic acids is 1. The number of thioether (sulfide) groups is 1. The molecule has 38 heavy (non-hydrogen) atoms. The van der Waals surface area contributed by atoms with Crippen LogP contribution in [0.25, 0.3) is 6.08 Å². The molecule has 1 amide bonds. The van der Waals surface area contributed by atoms with Crippen molar-refractivity contribution in [3.05, 3.63) is 81.5 Å². The van der Waals surface area contributed by atoms with E-state index in [-0.39, 0.29) is 11.9 Å². The average molecular weight is 548 g/mol. The molecule has 1 unspecified atom stereocenters. The first kappa shape index (κ1) is 25.3. The Kier molecular flexibility index (Phi) is 7.58. The average Bonchev–Trinajstić information content (AvgIpc) is 3.58. The molecule has 1 aliphatic carbocycles. The van der Waals surface area contributed by atoms with E-state index in [0.29, 0.717) is 16.0 Å². The quantitative estimate of drug-likeness (QED) is 0.406. The predicted molar refractivity (Wildman–Crippen MR) is 151 cm³/mol. The van der Waals surface area contributed by atoms with Gasteiger partial charge in [-0.3, -0.25) is 9.69 Å². The molecular weight excluding hydrogens is 518 g/mol. The first-order valence-electron chi connectivity index (χ1n) is 13.3. The van der Waals surface area contributed by atoms with Crippen LogP contribution in [0, 0.1) is 0 Å². The van der Waals surface area contributed by atoms with E-state index >= 15 is 0 Å². The van der Waals surface area contributed by atoms with E-state index in [1.807, 2.05) is 48.5 Å². The number of tetrazole rings is 1. The fourth-order valence-corrected chi connectivity index (χ4v) is 6.63. The van der Waals surface area contributed by atoms with Gasteiger partial charge in [-0.05, 0) is 64.4 Å². The number of carbonyl (C=O) groups is 1. The lowest BCUT2D eigenvalue weighted by Crippen LogP contribution is -2.49. The minimum atomic E-state index is -0.165. The first-order chi connectivity index (χ1) is 18.7. The van der Waals surface area contributed by atoms with E-state index in [1.165, 1.54) is 31.0 Å². The summed E-state index contributed by atoms with van der Waals surface area (Å²) in [6.45, 7) is 3.15. The molecule has 1 saturated carbocycles. The maximum atomic E-state index is 12.6. The van der Waals surface area contributed by atoms with Crippen LogP contribution in [0.1, 0.15) is 61.1 Å². The number of piperazine rings is 1. The van der Waals surface area contributed by atoms with Gasteiger partial charge in [0.05, 0.1) is 17.0 Å². The Balaban J connectivity index is 1.20. The van der Waals surface area contributed by atoms with Crippen LogP contribution in [0.15, 0.2) is 64.5 Å². The molecule has 1 aromatic heterocycles. The Morgan fingerprint density at radius 2 is 1.68 bits per heavy atom. The molecular formula is C28H30ClN7OS. The van der Waals surface area contributed by atoms with Gasteiger partial charge in [0, 0.05) is 31.2 Å². The number of benzene rings is 2. The molecule has 10 heteroatoms. The third kappa shape index (κ3) is 5.41. The summed E-state index contributed by atoms with van der Waals surface area (Å²) in [5.74, 6) is 0.727. The summed E-state index contributed by atoms with van der Waals surface area (Å²) in [7, 11) is 0. The molecule has 3 aromatic rings. The number of hydrogen-bond donors (Lipinski definition) is 0. The molecule has 1 atom stereocenters. The Morgan fingerprint density at radius 3 is 2.42 bits per heavy atom. The molecule has 2 fully saturated rings. The fourth-order valence-electron chi connectivity index (χ4n) is 5.54. The zero-order valence-electron chi connectivity index (χ0n) is 21.1. The van der Waals surface area contributed by atoms with Crippen LogP contribution in [0.4, 0.5) is 0 Å². The van der Waals surface area contributed by atoms with Crippen LogP contribution >= 0.6 is 23.4 Å². The number of hydrogen-bond acceptors (Lipinski definition) is 7. The van der Waals surface area contributed by atoms with Gasteiger partial charge in [-0.25, -0.2) is 4.68 Å². The van der Waals surface area contributed by atoms with E-state index in [0.717, 1.165) is 61.1 Å². The summed E-state index contributed by atoms with van der Waals surface area (Å²) >= 11 is 7.70. The van der Waals surface area contributed by atoms with Gasteiger partial charge in [0.2, 0.25) is 0 Å². The zero-order valence-corrected chi connectivity index (χ0v) is 22.7. The molecule has 8 nitrogen and oxygen atoms in total. The maximum Gasteiger partial charge on any atom is 0.286 e. The van der Waals surface area contributed by atoms with E-state index in [9.17, 15) is 4.79 Å². The number of nitrogens with zero attached hydrogens (tertiary/aromatic N) is 7. The van der Waals surface area contributed by atoms with Gasteiger partial charge < -0.3 is 4.90 Å². The molecule has 1 saturated heterocycles. The zero-order chi connectivity index (χ0) is 25.9. The third-order valence-electron chi connectivity index (χ3n) is 7.53. The van der Waals surface area contributed by atoms with Crippen molar-refractivity contribution in [2.75, 3.05) is 26.2 Å². The SMILES string of the molecule is O=C1N=C(N2CCN(C(c3ccc(Cl)cc3)c3nnnn3C3CCCCC3)CC2)S/C1=C\c1ccccc1. The maximum absolute atomic E-state index is 12.6. The van der Waals surface area contributed by atoms with Crippen molar-refractivity contribution in [2.24, 2.45) is 4.99 Å². The lowest BCUT2D eigenvalue weighted by atomic mass is 9.95. The van der Waals surface area contributed by atoms with Crippen molar-refractivity contribution < 1.29 is 4.79 Å². The summed E-state index contributed by atoms with van der Waals surface area (Å²) in [6, 6.07) is 18.2. The molecule has 0 N–H and O–H groups in total.